The van der Waals surface area contributed by atoms with Gasteiger partial charge in [0.05, 0.1) is 30.5 Å². The van der Waals surface area contributed by atoms with E-state index in [4.69, 9.17) is 21.1 Å². The molecule has 202 valence electrons. The Morgan fingerprint density at radius 1 is 1.10 bits per heavy atom. The van der Waals surface area contributed by atoms with Crippen LogP contribution in [0.5, 0.6) is 5.75 Å². The van der Waals surface area contributed by atoms with Crippen molar-refractivity contribution in [3.8, 4) is 17.0 Å². The third kappa shape index (κ3) is 5.60. The number of carbonyl (C=O) groups is 1. The Morgan fingerprint density at radius 3 is 2.56 bits per heavy atom. The second-order valence-corrected chi connectivity index (χ2v) is 11.1. The number of nitrogens with zero attached hydrogens (tertiary/aromatic N) is 2. The summed E-state index contributed by atoms with van der Waals surface area (Å²) in [6.45, 7) is 5.91. The van der Waals surface area contributed by atoms with Crippen LogP contribution < -0.4 is 4.74 Å². The number of fused-ring (bicyclic) bond motifs is 1. The van der Waals surface area contributed by atoms with Crippen LogP contribution in [0.15, 0.2) is 66.7 Å². The van der Waals surface area contributed by atoms with Crippen molar-refractivity contribution >= 4 is 28.3 Å². The molecule has 0 saturated carbocycles. The molecule has 3 heterocycles. The summed E-state index contributed by atoms with van der Waals surface area (Å²) >= 11 is 6.41. The van der Waals surface area contributed by atoms with Crippen LogP contribution in [0.1, 0.15) is 43.2 Å². The first-order chi connectivity index (χ1) is 19.1. The molecule has 39 heavy (non-hydrogen) atoms. The van der Waals surface area contributed by atoms with Crippen LogP contribution in [-0.2, 0) is 16.0 Å². The number of hydrogen-bond acceptors (Lipinski definition) is 5. The molecule has 3 aromatic carbocycles. The highest BCUT2D eigenvalue weighted by Crippen LogP contribution is 2.32. The maximum Gasteiger partial charge on any atom is 0.144 e. The Morgan fingerprint density at radius 2 is 1.87 bits per heavy atom. The molecule has 0 spiro atoms. The molecular formula is C32H34ClN3O3. The monoisotopic (exact) mass is 543 g/mol. The molecule has 2 aliphatic heterocycles. The fraction of sp³-hybridized carbons (Fsp3) is 0.375. The predicted molar refractivity (Wildman–Crippen MR) is 155 cm³/mol. The zero-order chi connectivity index (χ0) is 26.8. The van der Waals surface area contributed by atoms with Crippen LogP contribution in [0.3, 0.4) is 0 Å². The second kappa shape index (κ2) is 11.5. The average Bonchev–Trinajstić information content (AvgIpc) is 3.34. The lowest BCUT2D eigenvalue weighted by Crippen LogP contribution is -2.52. The maximum atomic E-state index is 13.3. The van der Waals surface area contributed by atoms with E-state index >= 15 is 0 Å². The number of aromatic amines is 1. The molecule has 1 N–H and O–H groups in total. The second-order valence-electron chi connectivity index (χ2n) is 10.6. The van der Waals surface area contributed by atoms with Crippen LogP contribution in [-0.4, -0.2) is 59.3 Å². The van der Waals surface area contributed by atoms with Crippen molar-refractivity contribution in [2.75, 3.05) is 26.3 Å². The number of rotatable bonds is 9. The molecule has 2 saturated heterocycles. The van der Waals surface area contributed by atoms with Crippen LogP contribution in [0.2, 0.25) is 5.02 Å². The molecule has 6 rings (SSSR count). The van der Waals surface area contributed by atoms with Gasteiger partial charge in [-0.25, -0.2) is 0 Å². The maximum absolute atomic E-state index is 13.3. The van der Waals surface area contributed by atoms with Crippen LogP contribution in [0, 0.1) is 0 Å². The smallest absolute Gasteiger partial charge is 0.144 e. The molecule has 0 bridgehead atoms. The van der Waals surface area contributed by atoms with Gasteiger partial charge in [-0.05, 0) is 72.9 Å². The van der Waals surface area contributed by atoms with Crippen LogP contribution in [0.25, 0.3) is 22.2 Å². The minimum Gasteiger partial charge on any atom is -0.490 e. The van der Waals surface area contributed by atoms with Crippen molar-refractivity contribution in [2.45, 2.75) is 50.7 Å². The highest BCUT2D eigenvalue weighted by atomic mass is 35.5. The van der Waals surface area contributed by atoms with E-state index in [9.17, 15) is 4.79 Å². The number of aromatic nitrogens is 2. The van der Waals surface area contributed by atoms with Gasteiger partial charge in [-0.1, -0.05) is 42.8 Å². The number of hydrogen-bond donors (Lipinski definition) is 1. The predicted octanol–water partition coefficient (Wildman–Crippen LogP) is 6.43. The van der Waals surface area contributed by atoms with Gasteiger partial charge in [0.25, 0.3) is 0 Å². The molecule has 0 amide bonds. The summed E-state index contributed by atoms with van der Waals surface area (Å²) in [7, 11) is 0. The molecule has 0 unspecified atom stereocenters. The molecule has 6 nitrogen and oxygen atoms in total. The van der Waals surface area contributed by atoms with Crippen molar-refractivity contribution in [1.29, 1.82) is 0 Å². The molecule has 2 fully saturated rings. The number of likely N-dealkylation sites (tertiary alicyclic amines) is 1. The lowest BCUT2D eigenvalue weighted by atomic mass is 9.88. The minimum atomic E-state index is -0.217. The lowest BCUT2D eigenvalue weighted by Gasteiger charge is -2.41. The summed E-state index contributed by atoms with van der Waals surface area (Å²) < 4.78 is 11.6. The van der Waals surface area contributed by atoms with Crippen molar-refractivity contribution in [1.82, 2.24) is 15.1 Å². The largest absolute Gasteiger partial charge is 0.490 e. The van der Waals surface area contributed by atoms with Gasteiger partial charge in [-0.2, -0.15) is 5.10 Å². The zero-order valence-electron chi connectivity index (χ0n) is 22.2. The first-order valence-corrected chi connectivity index (χ1v) is 14.3. The van der Waals surface area contributed by atoms with Crippen molar-refractivity contribution in [3.63, 3.8) is 0 Å². The van der Waals surface area contributed by atoms with Gasteiger partial charge in [0.1, 0.15) is 17.6 Å². The summed E-state index contributed by atoms with van der Waals surface area (Å²) in [6, 6.07) is 22.5. The van der Waals surface area contributed by atoms with Crippen molar-refractivity contribution in [3.05, 3.63) is 82.9 Å². The zero-order valence-corrected chi connectivity index (χ0v) is 23.0. The number of Topliss-reactive ketones (excluding diaryl/α,β-unsaturated/α-hetero) is 1. The Hall–Kier alpha value is -3.19. The summed E-state index contributed by atoms with van der Waals surface area (Å²) in [5, 5.41) is 9.39. The Labute approximate surface area is 234 Å². The standard InChI is InChI=1S/C32H34ClN3O3/c1-2-26(27-5-3-4-6-29(27)33)31(37)18-21-7-12-30-28(17-21)32(35-34-30)22-8-10-24(11-9-22)39-25-13-15-36(16-14-25)23-19-38-20-23/h3-12,17,23,25-26H,2,13-16,18-20H2,1H3,(H,34,35)/t26-/m0/s1. The molecule has 7 heteroatoms. The fourth-order valence-electron chi connectivity index (χ4n) is 5.77. The van der Waals surface area contributed by atoms with E-state index in [2.05, 4.69) is 33.3 Å². The van der Waals surface area contributed by atoms with Gasteiger partial charge in [0, 0.05) is 41.4 Å². The third-order valence-electron chi connectivity index (χ3n) is 8.13. The Bertz CT molecular complexity index is 1440. The molecule has 0 aliphatic carbocycles. The number of ether oxygens (including phenoxy) is 2. The SMILES string of the molecule is CC[C@H](C(=O)Cc1ccc2[nH]nc(-c3ccc(OC4CCN(C5COC5)CC4)cc3)c2c1)c1ccccc1Cl. The fourth-order valence-corrected chi connectivity index (χ4v) is 6.04. The highest BCUT2D eigenvalue weighted by Gasteiger charge is 2.30. The Kier molecular flexibility index (Phi) is 7.69. The number of carbonyl (C=O) groups excluding carboxylic acids is 1. The van der Waals surface area contributed by atoms with Crippen LogP contribution >= 0.6 is 11.6 Å². The van der Waals surface area contributed by atoms with E-state index < -0.39 is 0 Å². The van der Waals surface area contributed by atoms with Gasteiger partial charge in [-0.15, -0.1) is 0 Å². The molecule has 1 atom stereocenters. The molecule has 2 aliphatic rings. The van der Waals surface area contributed by atoms with E-state index in [1.165, 1.54) is 0 Å². The third-order valence-corrected chi connectivity index (χ3v) is 8.47. The van der Waals surface area contributed by atoms with E-state index in [0.29, 0.717) is 23.9 Å². The van der Waals surface area contributed by atoms with E-state index in [1.54, 1.807) is 0 Å². The normalized spacial score (nSPS) is 17.7. The number of piperidine rings is 1. The summed E-state index contributed by atoms with van der Waals surface area (Å²) in [6.07, 6.45) is 3.39. The number of ketones is 1. The Balaban J connectivity index is 1.13. The van der Waals surface area contributed by atoms with Gasteiger partial charge in [0.15, 0.2) is 0 Å². The van der Waals surface area contributed by atoms with E-state index in [-0.39, 0.29) is 17.8 Å². The van der Waals surface area contributed by atoms with Gasteiger partial charge in [0.2, 0.25) is 0 Å². The summed E-state index contributed by atoms with van der Waals surface area (Å²) in [5.74, 6) is 0.842. The number of benzene rings is 3. The molecule has 4 aromatic rings. The van der Waals surface area contributed by atoms with Crippen LogP contribution in [0.4, 0.5) is 0 Å². The lowest BCUT2D eigenvalue weighted by molar-refractivity contribution is -0.119. The highest BCUT2D eigenvalue weighted by molar-refractivity contribution is 6.31. The average molecular weight is 544 g/mol. The number of halogens is 1. The first kappa shape index (κ1) is 26.1. The van der Waals surface area contributed by atoms with Gasteiger partial charge < -0.3 is 9.47 Å². The topological polar surface area (TPSA) is 67.5 Å². The molecule has 1 aromatic heterocycles. The van der Waals surface area contributed by atoms with Gasteiger partial charge >= 0.3 is 0 Å². The minimum absolute atomic E-state index is 0.170. The molecule has 0 radical (unpaired) electrons. The van der Waals surface area contributed by atoms with E-state index in [1.807, 2.05) is 55.5 Å². The number of nitrogens with one attached hydrogen (secondary N) is 1. The van der Waals surface area contributed by atoms with E-state index in [0.717, 1.165) is 78.2 Å². The van der Waals surface area contributed by atoms with Gasteiger partial charge in [-0.3, -0.25) is 14.8 Å². The molecular weight excluding hydrogens is 510 g/mol. The first-order valence-electron chi connectivity index (χ1n) is 13.9. The van der Waals surface area contributed by atoms with Crippen molar-refractivity contribution in [2.24, 2.45) is 0 Å². The summed E-state index contributed by atoms with van der Waals surface area (Å²) in [5.41, 5.74) is 4.71. The summed E-state index contributed by atoms with van der Waals surface area (Å²) in [4.78, 5) is 15.8. The quantitative estimate of drug-likeness (QED) is 0.263. The number of H-pyrrole nitrogens is 1. The van der Waals surface area contributed by atoms with Crippen molar-refractivity contribution < 1.29 is 14.3 Å².